The number of halogens is 1. The molecule has 0 aliphatic heterocycles. The van der Waals surface area contributed by atoms with Crippen molar-refractivity contribution in [3.8, 4) is 0 Å². The molecule has 2 N–H and O–H groups in total. The number of aromatic nitrogens is 3. The van der Waals surface area contributed by atoms with Crippen LogP contribution in [0.3, 0.4) is 0 Å². The normalized spacial score (nSPS) is 17.4. The summed E-state index contributed by atoms with van der Waals surface area (Å²) in [7, 11) is 0. The fourth-order valence-electron chi connectivity index (χ4n) is 4.00. The van der Waals surface area contributed by atoms with E-state index < -0.39 is 6.04 Å². The van der Waals surface area contributed by atoms with Crippen LogP contribution in [0.1, 0.15) is 56.1 Å². The number of pyridine rings is 1. The molecule has 2 aromatic heterocycles. The summed E-state index contributed by atoms with van der Waals surface area (Å²) in [6.45, 7) is 3.95. The summed E-state index contributed by atoms with van der Waals surface area (Å²) in [5, 5.41) is 10.2. The van der Waals surface area contributed by atoms with Crippen LogP contribution in [-0.2, 0) is 4.79 Å². The van der Waals surface area contributed by atoms with Gasteiger partial charge in [0.2, 0.25) is 5.91 Å². The molecular weight excluding hydrogens is 434 g/mol. The molecule has 29 heavy (non-hydrogen) atoms. The largest absolute Gasteiger partial charge is 0.339 e. The van der Waals surface area contributed by atoms with E-state index in [4.69, 9.17) is 0 Å². The third-order valence-electron chi connectivity index (χ3n) is 5.66. The van der Waals surface area contributed by atoms with Gasteiger partial charge < -0.3 is 10.6 Å². The first-order valence-corrected chi connectivity index (χ1v) is 11.0. The Kier molecular flexibility index (Phi) is 5.72. The lowest BCUT2D eigenvalue weighted by Crippen LogP contribution is -2.50. The SMILES string of the molecule is CC(C)n1nccc1C(=O)NC(C(=O)Nc1ccc(Br)cn1)C(C1CC1)C1CC1. The van der Waals surface area contributed by atoms with Gasteiger partial charge in [-0.15, -0.1) is 0 Å². The highest BCUT2D eigenvalue weighted by Crippen LogP contribution is 2.50. The third-order valence-corrected chi connectivity index (χ3v) is 6.13. The lowest BCUT2D eigenvalue weighted by molar-refractivity contribution is -0.119. The van der Waals surface area contributed by atoms with E-state index in [1.54, 1.807) is 29.2 Å². The van der Waals surface area contributed by atoms with Crippen molar-refractivity contribution in [3.05, 3.63) is 40.8 Å². The van der Waals surface area contributed by atoms with Crippen LogP contribution >= 0.6 is 15.9 Å². The molecule has 0 radical (unpaired) electrons. The lowest BCUT2D eigenvalue weighted by atomic mass is 9.88. The maximum absolute atomic E-state index is 13.2. The van der Waals surface area contributed by atoms with Crippen molar-refractivity contribution < 1.29 is 9.59 Å². The minimum atomic E-state index is -0.580. The molecule has 2 heterocycles. The zero-order valence-corrected chi connectivity index (χ0v) is 18.2. The van der Waals surface area contributed by atoms with Crippen molar-refractivity contribution >= 4 is 33.6 Å². The number of carbonyl (C=O) groups excluding carboxylic acids is 2. The fourth-order valence-corrected chi connectivity index (χ4v) is 4.24. The van der Waals surface area contributed by atoms with Crippen molar-refractivity contribution in [2.75, 3.05) is 5.32 Å². The number of anilines is 1. The Morgan fingerprint density at radius 3 is 2.38 bits per heavy atom. The zero-order valence-electron chi connectivity index (χ0n) is 16.6. The second-order valence-corrected chi connectivity index (χ2v) is 9.22. The molecule has 1 unspecified atom stereocenters. The van der Waals surface area contributed by atoms with E-state index in [1.165, 1.54) is 0 Å². The molecule has 2 saturated carbocycles. The molecule has 2 aliphatic rings. The average molecular weight is 460 g/mol. The summed E-state index contributed by atoms with van der Waals surface area (Å²) >= 11 is 3.35. The number of hydrogen-bond acceptors (Lipinski definition) is 4. The lowest BCUT2D eigenvalue weighted by Gasteiger charge is -2.27. The molecule has 2 amide bonds. The van der Waals surface area contributed by atoms with Gasteiger partial charge in [-0.2, -0.15) is 5.10 Å². The van der Waals surface area contributed by atoms with E-state index >= 15 is 0 Å². The molecule has 4 rings (SSSR count). The van der Waals surface area contributed by atoms with Crippen molar-refractivity contribution in [2.24, 2.45) is 17.8 Å². The minimum absolute atomic E-state index is 0.0626. The molecule has 0 saturated heterocycles. The van der Waals surface area contributed by atoms with Crippen LogP contribution in [0.25, 0.3) is 0 Å². The van der Waals surface area contributed by atoms with Crippen LogP contribution < -0.4 is 10.6 Å². The van der Waals surface area contributed by atoms with Crippen molar-refractivity contribution in [1.29, 1.82) is 0 Å². The highest BCUT2D eigenvalue weighted by atomic mass is 79.9. The summed E-state index contributed by atoms with van der Waals surface area (Å²) in [4.78, 5) is 30.5. The smallest absolute Gasteiger partial charge is 0.270 e. The van der Waals surface area contributed by atoms with Crippen LogP contribution in [-0.4, -0.2) is 32.6 Å². The second kappa shape index (κ2) is 8.26. The third kappa shape index (κ3) is 4.69. The molecule has 1 atom stereocenters. The Balaban J connectivity index is 1.56. The number of nitrogens with zero attached hydrogens (tertiary/aromatic N) is 3. The van der Waals surface area contributed by atoms with Gasteiger partial charge in [0.05, 0.1) is 0 Å². The van der Waals surface area contributed by atoms with E-state index in [0.29, 0.717) is 23.3 Å². The van der Waals surface area contributed by atoms with Crippen molar-refractivity contribution in [2.45, 2.75) is 51.6 Å². The minimum Gasteiger partial charge on any atom is -0.339 e. The number of amides is 2. The molecule has 8 heteroatoms. The first-order chi connectivity index (χ1) is 13.9. The Bertz CT molecular complexity index is 875. The van der Waals surface area contributed by atoms with Gasteiger partial charge in [-0.1, -0.05) is 0 Å². The van der Waals surface area contributed by atoms with Gasteiger partial charge in [0.25, 0.3) is 5.91 Å². The van der Waals surface area contributed by atoms with E-state index in [-0.39, 0.29) is 23.8 Å². The Labute approximate surface area is 178 Å². The highest BCUT2D eigenvalue weighted by Gasteiger charge is 2.48. The first kappa shape index (κ1) is 20.1. The predicted octanol–water partition coefficient (Wildman–Crippen LogP) is 3.79. The van der Waals surface area contributed by atoms with Crippen LogP contribution in [0, 0.1) is 17.8 Å². The topological polar surface area (TPSA) is 88.9 Å². The van der Waals surface area contributed by atoms with E-state index in [2.05, 4.69) is 36.6 Å². The summed E-state index contributed by atoms with van der Waals surface area (Å²) in [5.41, 5.74) is 0.477. The summed E-state index contributed by atoms with van der Waals surface area (Å²) in [6, 6.07) is 4.76. The molecule has 0 spiro atoms. The Morgan fingerprint density at radius 2 is 1.83 bits per heavy atom. The molecule has 2 aliphatic carbocycles. The van der Waals surface area contributed by atoms with E-state index in [1.807, 2.05) is 19.9 Å². The van der Waals surface area contributed by atoms with Gasteiger partial charge in [-0.25, -0.2) is 4.98 Å². The molecule has 154 valence electrons. The van der Waals surface area contributed by atoms with Gasteiger partial charge >= 0.3 is 0 Å². The number of carbonyl (C=O) groups is 2. The monoisotopic (exact) mass is 459 g/mol. The number of rotatable bonds is 8. The number of hydrogen-bond donors (Lipinski definition) is 2. The van der Waals surface area contributed by atoms with Gasteiger partial charge in [-0.3, -0.25) is 14.3 Å². The van der Waals surface area contributed by atoms with Gasteiger partial charge in [-0.05, 0) is 91.4 Å². The summed E-state index contributed by atoms with van der Waals surface area (Å²) in [6.07, 6.45) is 7.77. The van der Waals surface area contributed by atoms with Gasteiger partial charge in [0.15, 0.2) is 0 Å². The van der Waals surface area contributed by atoms with Crippen LogP contribution in [0.15, 0.2) is 35.1 Å². The van der Waals surface area contributed by atoms with Crippen molar-refractivity contribution in [3.63, 3.8) is 0 Å². The predicted molar refractivity (Wildman–Crippen MR) is 113 cm³/mol. The molecule has 2 aromatic rings. The van der Waals surface area contributed by atoms with Gasteiger partial charge in [0, 0.05) is 22.9 Å². The van der Waals surface area contributed by atoms with E-state index in [0.717, 1.165) is 30.2 Å². The van der Waals surface area contributed by atoms with Crippen LogP contribution in [0.5, 0.6) is 0 Å². The van der Waals surface area contributed by atoms with Crippen LogP contribution in [0.2, 0.25) is 0 Å². The first-order valence-electron chi connectivity index (χ1n) is 10.2. The van der Waals surface area contributed by atoms with Gasteiger partial charge in [0.1, 0.15) is 17.6 Å². The summed E-state index contributed by atoms with van der Waals surface area (Å²) < 4.78 is 2.53. The molecule has 0 bridgehead atoms. The Hall–Kier alpha value is -2.22. The molecule has 2 fully saturated rings. The second-order valence-electron chi connectivity index (χ2n) is 8.31. The van der Waals surface area contributed by atoms with E-state index in [9.17, 15) is 9.59 Å². The van der Waals surface area contributed by atoms with Crippen molar-refractivity contribution in [1.82, 2.24) is 20.1 Å². The molecular formula is C21H26BrN5O2. The standard InChI is InChI=1S/C21H26BrN5O2/c1-12(2)27-16(9-10-24-27)20(28)26-19(18(13-3-4-13)14-5-6-14)21(29)25-17-8-7-15(22)11-23-17/h7-14,18-19H,3-6H2,1-2H3,(H,26,28)(H,23,25,29). The maximum atomic E-state index is 13.2. The Morgan fingerprint density at radius 1 is 1.14 bits per heavy atom. The quantitative estimate of drug-likeness (QED) is 0.628. The maximum Gasteiger partial charge on any atom is 0.270 e. The summed E-state index contributed by atoms with van der Waals surface area (Å²) in [5.74, 6) is 1.21. The average Bonchev–Trinajstić information content (AvgIpc) is 3.62. The van der Waals surface area contributed by atoms with Crippen LogP contribution in [0.4, 0.5) is 5.82 Å². The molecule has 0 aromatic carbocycles. The zero-order chi connectivity index (χ0) is 20.5. The molecule has 7 nitrogen and oxygen atoms in total. The fraction of sp³-hybridized carbons (Fsp3) is 0.524. The number of nitrogens with one attached hydrogen (secondary N) is 2. The highest BCUT2D eigenvalue weighted by molar-refractivity contribution is 9.10.